The minimum absolute atomic E-state index is 0. The molecule has 0 unspecified atom stereocenters. The molecule has 9 heavy (non-hydrogen) atoms. The minimum Gasteiger partial charge on any atom is -1.00 e. The molecule has 0 saturated heterocycles. The van der Waals surface area contributed by atoms with Crippen LogP contribution < -0.4 is 17.0 Å². The fraction of sp³-hybridized carbons (Fsp3) is 0.714. The van der Waals surface area contributed by atoms with E-state index in [4.69, 9.17) is 0 Å². The van der Waals surface area contributed by atoms with Crippen molar-refractivity contribution in [1.29, 1.82) is 0 Å². The molecule has 0 heterocycles. The van der Waals surface area contributed by atoms with Gasteiger partial charge in [0.1, 0.15) is 0 Å². The van der Waals surface area contributed by atoms with Gasteiger partial charge in [-0.3, -0.25) is 0 Å². The first-order valence-corrected chi connectivity index (χ1v) is 2.47. The zero-order valence-electron chi connectivity index (χ0n) is 5.82. The molecule has 0 aromatic carbocycles. The van der Waals surface area contributed by atoms with Gasteiger partial charge >= 0.3 is 0 Å². The molecule has 2 heteroatoms. The van der Waals surface area contributed by atoms with Crippen molar-refractivity contribution in [2.24, 2.45) is 0 Å². The minimum atomic E-state index is 0. The van der Waals surface area contributed by atoms with Crippen LogP contribution in [-0.2, 0) is 0 Å². The first kappa shape index (κ1) is 16.1. The third-order valence-corrected chi connectivity index (χ3v) is 0.677. The summed E-state index contributed by atoms with van der Waals surface area (Å²) in [6.07, 6.45) is 1.93. The zero-order chi connectivity index (χ0) is 5.91. The number of rotatable bonds is 2. The van der Waals surface area contributed by atoms with E-state index in [2.05, 4.69) is 27.7 Å². The number of likely N-dealkylation sites (N-methyl/N-ethyl adjacent to an activating group) is 1. The van der Waals surface area contributed by atoms with Crippen molar-refractivity contribution in [2.45, 2.75) is 7.43 Å². The van der Waals surface area contributed by atoms with Gasteiger partial charge in [-0.1, -0.05) is 14.0 Å². The number of nitrogens with zero attached hydrogens (tertiary/aromatic N) is 1. The van der Waals surface area contributed by atoms with Gasteiger partial charge in [-0.05, 0) is 6.08 Å². The van der Waals surface area contributed by atoms with Crippen molar-refractivity contribution in [1.82, 2.24) is 0 Å². The van der Waals surface area contributed by atoms with Gasteiger partial charge in [-0.25, -0.2) is 0 Å². The van der Waals surface area contributed by atoms with Gasteiger partial charge in [0.05, 0.1) is 27.7 Å². The van der Waals surface area contributed by atoms with Gasteiger partial charge in [0.25, 0.3) is 0 Å². The summed E-state index contributed by atoms with van der Waals surface area (Å²) >= 11 is 0. The van der Waals surface area contributed by atoms with Crippen LogP contribution in [0.3, 0.4) is 0 Å². The van der Waals surface area contributed by atoms with Crippen molar-refractivity contribution < 1.29 is 21.5 Å². The Kier molecular flexibility index (Phi) is 11.3. The van der Waals surface area contributed by atoms with Crippen LogP contribution in [-0.4, -0.2) is 32.2 Å². The van der Waals surface area contributed by atoms with Crippen LogP contribution in [0, 0.1) is 0 Å². The summed E-state index contributed by atoms with van der Waals surface area (Å²) in [5.74, 6) is 0. The van der Waals surface area contributed by atoms with Crippen molar-refractivity contribution in [3.8, 4) is 0 Å². The summed E-state index contributed by atoms with van der Waals surface area (Å²) in [4.78, 5) is 0. The van der Waals surface area contributed by atoms with Crippen LogP contribution in [0.5, 0.6) is 0 Å². The average Bonchev–Trinajstić information content (AvgIpc) is 1.30. The first-order valence-electron chi connectivity index (χ1n) is 2.47. The predicted octanol–water partition coefficient (Wildman–Crippen LogP) is -1.48. The Morgan fingerprint density at radius 1 is 1.33 bits per heavy atom. The van der Waals surface area contributed by atoms with Gasteiger partial charge in [-0.2, -0.15) is 0 Å². The monoisotopic (exact) mass is 195 g/mol. The summed E-state index contributed by atoms with van der Waals surface area (Å²) in [5, 5.41) is 0. The fourth-order valence-electron chi connectivity index (χ4n) is 0.387. The van der Waals surface area contributed by atoms with Gasteiger partial charge < -0.3 is 21.5 Å². The molecule has 0 saturated carbocycles. The van der Waals surface area contributed by atoms with Crippen LogP contribution in [0.2, 0.25) is 0 Å². The fourth-order valence-corrected chi connectivity index (χ4v) is 0.387. The highest BCUT2D eigenvalue weighted by Gasteiger charge is 1.99. The molecule has 0 amide bonds. The Balaban J connectivity index is -0.000000180. The summed E-state index contributed by atoms with van der Waals surface area (Å²) < 4.78 is 0.976. The van der Waals surface area contributed by atoms with Crippen molar-refractivity contribution >= 4 is 0 Å². The molecule has 0 radical (unpaired) electrons. The maximum atomic E-state index is 3.63. The summed E-state index contributed by atoms with van der Waals surface area (Å²) in [6, 6.07) is 0. The second-order valence-electron chi connectivity index (χ2n) is 2.76. The number of halogens is 1. The molecule has 0 aliphatic heterocycles. The Hall–Kier alpha value is 0.180. The Bertz CT molecular complexity index is 63.8. The van der Waals surface area contributed by atoms with Crippen LogP contribution in [0.4, 0.5) is 0 Å². The summed E-state index contributed by atoms with van der Waals surface area (Å²) in [6.45, 7) is 4.67. The molecule has 0 aliphatic carbocycles. The molecule has 0 spiro atoms. The summed E-state index contributed by atoms with van der Waals surface area (Å²) in [7, 11) is 6.42. The highest BCUT2D eigenvalue weighted by atomic mass is 79.9. The van der Waals surface area contributed by atoms with Crippen LogP contribution >= 0.6 is 0 Å². The Labute approximate surface area is 69.7 Å². The van der Waals surface area contributed by atoms with E-state index in [1.54, 1.807) is 0 Å². The standard InChI is InChI=1S/C6H14N.CH4.BrH/c1-5-6-7(2,3)4;;/h5H,1,6H2,2-4H3;1H4;1H/q+1;;/p-1. The topological polar surface area (TPSA) is 0 Å². The molecule has 1 nitrogen and oxygen atoms in total. The molecule has 0 fully saturated rings. The normalized spacial score (nSPS) is 8.78. The molecule has 0 aromatic rings. The van der Waals surface area contributed by atoms with Crippen LogP contribution in [0.25, 0.3) is 0 Å². The van der Waals surface area contributed by atoms with E-state index in [-0.39, 0.29) is 24.4 Å². The largest absolute Gasteiger partial charge is 1.00 e. The second-order valence-corrected chi connectivity index (χ2v) is 2.76. The number of hydrogen-bond acceptors (Lipinski definition) is 0. The van der Waals surface area contributed by atoms with E-state index < -0.39 is 0 Å². The lowest BCUT2D eigenvalue weighted by Crippen LogP contribution is -3.00. The van der Waals surface area contributed by atoms with Gasteiger partial charge in [0.2, 0.25) is 0 Å². The molecule has 0 rings (SSSR count). The lowest BCUT2D eigenvalue weighted by Gasteiger charge is -2.21. The van der Waals surface area contributed by atoms with Gasteiger partial charge in [0.15, 0.2) is 0 Å². The average molecular weight is 196 g/mol. The van der Waals surface area contributed by atoms with E-state index >= 15 is 0 Å². The van der Waals surface area contributed by atoms with Crippen molar-refractivity contribution in [3.63, 3.8) is 0 Å². The molecule has 0 aliphatic rings. The quantitative estimate of drug-likeness (QED) is 0.373. The molecular weight excluding hydrogens is 178 g/mol. The molecule has 0 aromatic heterocycles. The highest BCUT2D eigenvalue weighted by Crippen LogP contribution is 1.86. The number of quaternary nitrogens is 1. The predicted molar refractivity (Wildman–Crippen MR) is 39.8 cm³/mol. The molecule has 0 atom stereocenters. The third-order valence-electron chi connectivity index (χ3n) is 0.677. The van der Waals surface area contributed by atoms with Crippen LogP contribution in [0.15, 0.2) is 12.7 Å². The van der Waals surface area contributed by atoms with Gasteiger partial charge in [0, 0.05) is 0 Å². The van der Waals surface area contributed by atoms with Gasteiger partial charge in [-0.15, -0.1) is 0 Å². The molecule has 0 bridgehead atoms. The van der Waals surface area contributed by atoms with Crippen molar-refractivity contribution in [3.05, 3.63) is 12.7 Å². The first-order chi connectivity index (χ1) is 3.06. The molecule has 0 N–H and O–H groups in total. The number of hydrogen-bond donors (Lipinski definition) is 0. The summed E-state index contributed by atoms with van der Waals surface area (Å²) in [5.41, 5.74) is 0. The van der Waals surface area contributed by atoms with E-state index in [0.717, 1.165) is 11.0 Å². The molecular formula is C7H18BrN. The SMILES string of the molecule is C.C=CC[N+](C)(C)C.[Br-]. The third kappa shape index (κ3) is 17.9. The second kappa shape index (κ2) is 6.30. The van der Waals surface area contributed by atoms with Crippen LogP contribution in [0.1, 0.15) is 7.43 Å². The van der Waals surface area contributed by atoms with E-state index in [9.17, 15) is 0 Å². The molecule has 58 valence electrons. The van der Waals surface area contributed by atoms with Crippen molar-refractivity contribution in [2.75, 3.05) is 27.7 Å². The zero-order valence-corrected chi connectivity index (χ0v) is 7.40. The lowest BCUT2D eigenvalue weighted by atomic mass is 10.5. The van der Waals surface area contributed by atoms with E-state index in [0.29, 0.717) is 0 Å². The smallest absolute Gasteiger partial charge is 0.0964 e. The Morgan fingerprint density at radius 3 is 1.67 bits per heavy atom. The maximum Gasteiger partial charge on any atom is 0.0964 e. The van der Waals surface area contributed by atoms with E-state index in [1.165, 1.54) is 0 Å². The lowest BCUT2D eigenvalue weighted by molar-refractivity contribution is -0.864. The van der Waals surface area contributed by atoms with E-state index in [1.807, 2.05) is 6.08 Å². The maximum absolute atomic E-state index is 3.63. The Morgan fingerprint density at radius 2 is 1.67 bits per heavy atom. The highest BCUT2D eigenvalue weighted by molar-refractivity contribution is 4.63.